The van der Waals surface area contributed by atoms with Crippen LogP contribution in [0.2, 0.25) is 5.02 Å². The molecule has 0 saturated heterocycles. The molecule has 1 aliphatic rings. The normalized spacial score (nSPS) is 18.2. The van der Waals surface area contributed by atoms with E-state index >= 15 is 0 Å². The first-order valence-electron chi connectivity index (χ1n) is 7.84. The van der Waals surface area contributed by atoms with Crippen molar-refractivity contribution >= 4 is 17.5 Å². The smallest absolute Gasteiger partial charge is 0.236 e. The highest BCUT2D eigenvalue weighted by molar-refractivity contribution is 6.30. The van der Waals surface area contributed by atoms with E-state index in [0.29, 0.717) is 5.02 Å². The molecule has 1 fully saturated rings. The molecule has 0 aliphatic heterocycles. The van der Waals surface area contributed by atoms with Crippen molar-refractivity contribution in [3.05, 3.63) is 34.9 Å². The number of benzene rings is 1. The van der Waals surface area contributed by atoms with Crippen LogP contribution in [0.3, 0.4) is 0 Å². The third kappa shape index (κ3) is 4.00. The van der Waals surface area contributed by atoms with Crippen molar-refractivity contribution in [2.45, 2.75) is 44.2 Å². The number of nitrogens with one attached hydrogen (secondary N) is 1. The topological polar surface area (TPSA) is 52.6 Å². The Morgan fingerprint density at radius 2 is 1.95 bits per heavy atom. The van der Waals surface area contributed by atoms with Gasteiger partial charge < -0.3 is 15.3 Å². The van der Waals surface area contributed by atoms with Crippen LogP contribution in [-0.2, 0) is 4.79 Å². The highest BCUT2D eigenvalue weighted by Crippen LogP contribution is 2.29. The highest BCUT2D eigenvalue weighted by Gasteiger charge is 2.33. The van der Waals surface area contributed by atoms with Gasteiger partial charge in [-0.15, -0.1) is 0 Å². The zero-order valence-electron chi connectivity index (χ0n) is 13.3. The van der Waals surface area contributed by atoms with Crippen LogP contribution in [0.15, 0.2) is 24.3 Å². The summed E-state index contributed by atoms with van der Waals surface area (Å²) in [6.45, 7) is 2.35. The number of carbonyl (C=O) groups excluding carboxylic acids is 1. The number of carbonyl (C=O) groups is 1. The molecule has 1 atom stereocenters. The average molecular weight is 325 g/mol. The van der Waals surface area contributed by atoms with Crippen LogP contribution in [0.25, 0.3) is 0 Å². The van der Waals surface area contributed by atoms with E-state index in [0.717, 1.165) is 31.2 Å². The lowest BCUT2D eigenvalue weighted by Gasteiger charge is -2.31. The van der Waals surface area contributed by atoms with E-state index in [9.17, 15) is 9.90 Å². The molecule has 1 aromatic carbocycles. The number of amides is 1. The van der Waals surface area contributed by atoms with Gasteiger partial charge in [-0.3, -0.25) is 4.79 Å². The summed E-state index contributed by atoms with van der Waals surface area (Å²) >= 11 is 5.90. The number of hydrogen-bond acceptors (Lipinski definition) is 3. The van der Waals surface area contributed by atoms with Gasteiger partial charge in [0.05, 0.1) is 19.2 Å². The van der Waals surface area contributed by atoms with E-state index in [4.69, 9.17) is 11.6 Å². The van der Waals surface area contributed by atoms with Gasteiger partial charge in [-0.2, -0.15) is 0 Å². The number of hydrogen-bond donors (Lipinski definition) is 2. The Morgan fingerprint density at radius 1 is 1.36 bits per heavy atom. The standard InChI is InChI=1S/C17H25ClN2O2/c1-13(14-5-7-15(18)8-6-14)20(2)16(22)11-19-17(12-21)9-3-4-10-17/h5-8,13,19,21H,3-4,9-12H2,1-2H3. The lowest BCUT2D eigenvalue weighted by Crippen LogP contribution is -2.50. The van der Waals surface area contributed by atoms with Crippen LogP contribution in [0.5, 0.6) is 0 Å². The lowest BCUT2D eigenvalue weighted by atomic mass is 9.99. The summed E-state index contributed by atoms with van der Waals surface area (Å²) in [5.74, 6) is 0.0298. The van der Waals surface area contributed by atoms with Crippen molar-refractivity contribution in [2.75, 3.05) is 20.2 Å². The summed E-state index contributed by atoms with van der Waals surface area (Å²) in [6.07, 6.45) is 4.10. The van der Waals surface area contributed by atoms with Crippen molar-refractivity contribution in [1.29, 1.82) is 0 Å². The Kier molecular flexibility index (Phi) is 5.84. The zero-order chi connectivity index (χ0) is 16.2. The van der Waals surface area contributed by atoms with E-state index in [2.05, 4.69) is 5.32 Å². The van der Waals surface area contributed by atoms with Gasteiger partial charge >= 0.3 is 0 Å². The fourth-order valence-corrected chi connectivity index (χ4v) is 3.14. The second-order valence-electron chi connectivity index (χ2n) is 6.23. The quantitative estimate of drug-likeness (QED) is 0.846. The molecule has 5 heteroatoms. The Morgan fingerprint density at radius 3 is 2.50 bits per heavy atom. The predicted molar refractivity (Wildman–Crippen MR) is 88.9 cm³/mol. The Labute approximate surface area is 137 Å². The number of aliphatic hydroxyl groups is 1. The number of likely N-dealkylation sites (N-methyl/N-ethyl adjacent to an activating group) is 1. The van der Waals surface area contributed by atoms with Gasteiger partial charge in [0, 0.05) is 17.6 Å². The molecule has 0 spiro atoms. The predicted octanol–water partition coefficient (Wildman–Crippen LogP) is 2.75. The summed E-state index contributed by atoms with van der Waals surface area (Å²) in [5, 5.41) is 13.6. The lowest BCUT2D eigenvalue weighted by molar-refractivity contribution is -0.131. The molecule has 1 aromatic rings. The van der Waals surface area contributed by atoms with E-state index in [-0.39, 0.29) is 30.6 Å². The summed E-state index contributed by atoms with van der Waals surface area (Å²) in [4.78, 5) is 14.1. The van der Waals surface area contributed by atoms with Crippen LogP contribution in [0.4, 0.5) is 0 Å². The molecule has 0 aromatic heterocycles. The maximum atomic E-state index is 12.4. The van der Waals surface area contributed by atoms with Gasteiger partial charge in [0.25, 0.3) is 0 Å². The van der Waals surface area contributed by atoms with Crippen LogP contribution < -0.4 is 5.32 Å². The molecule has 122 valence electrons. The first-order valence-corrected chi connectivity index (χ1v) is 8.22. The van der Waals surface area contributed by atoms with E-state index in [1.807, 2.05) is 38.2 Å². The summed E-state index contributed by atoms with van der Waals surface area (Å²) in [6, 6.07) is 7.54. The third-order valence-electron chi connectivity index (χ3n) is 4.80. The first-order chi connectivity index (χ1) is 10.5. The second kappa shape index (κ2) is 7.44. The molecule has 1 aliphatic carbocycles. The molecule has 1 unspecified atom stereocenters. The summed E-state index contributed by atoms with van der Waals surface area (Å²) in [5.41, 5.74) is 0.790. The number of nitrogens with zero attached hydrogens (tertiary/aromatic N) is 1. The van der Waals surface area contributed by atoms with Crippen LogP contribution in [0, 0.1) is 0 Å². The molecule has 1 amide bonds. The largest absolute Gasteiger partial charge is 0.394 e. The fourth-order valence-electron chi connectivity index (χ4n) is 3.01. The van der Waals surface area contributed by atoms with Crippen molar-refractivity contribution < 1.29 is 9.90 Å². The highest BCUT2D eigenvalue weighted by atomic mass is 35.5. The Balaban J connectivity index is 1.92. The van der Waals surface area contributed by atoms with E-state index < -0.39 is 0 Å². The monoisotopic (exact) mass is 324 g/mol. The Hall–Kier alpha value is -1.10. The van der Waals surface area contributed by atoms with E-state index in [1.54, 1.807) is 4.90 Å². The van der Waals surface area contributed by atoms with E-state index in [1.165, 1.54) is 0 Å². The number of rotatable bonds is 6. The Bertz CT molecular complexity index is 498. The van der Waals surface area contributed by atoms with Crippen LogP contribution in [-0.4, -0.2) is 41.7 Å². The van der Waals surface area contributed by atoms with Crippen molar-refractivity contribution in [3.63, 3.8) is 0 Å². The van der Waals surface area contributed by atoms with Crippen LogP contribution >= 0.6 is 11.6 Å². The van der Waals surface area contributed by atoms with Gasteiger partial charge in [-0.25, -0.2) is 0 Å². The third-order valence-corrected chi connectivity index (χ3v) is 5.06. The van der Waals surface area contributed by atoms with Gasteiger partial charge in [0.15, 0.2) is 0 Å². The van der Waals surface area contributed by atoms with Gasteiger partial charge in [-0.1, -0.05) is 36.6 Å². The maximum absolute atomic E-state index is 12.4. The molecule has 22 heavy (non-hydrogen) atoms. The average Bonchev–Trinajstić information content (AvgIpc) is 3.01. The molecule has 2 N–H and O–H groups in total. The van der Waals surface area contributed by atoms with Gasteiger partial charge in [0.2, 0.25) is 5.91 Å². The molecular formula is C17H25ClN2O2. The van der Waals surface area contributed by atoms with Crippen molar-refractivity contribution in [2.24, 2.45) is 0 Å². The molecule has 0 heterocycles. The van der Waals surface area contributed by atoms with Crippen molar-refractivity contribution in [3.8, 4) is 0 Å². The molecular weight excluding hydrogens is 300 g/mol. The molecule has 0 bridgehead atoms. The maximum Gasteiger partial charge on any atom is 0.236 e. The summed E-state index contributed by atoms with van der Waals surface area (Å²) in [7, 11) is 1.81. The second-order valence-corrected chi connectivity index (χ2v) is 6.67. The van der Waals surface area contributed by atoms with Crippen LogP contribution in [0.1, 0.15) is 44.2 Å². The zero-order valence-corrected chi connectivity index (χ0v) is 14.1. The van der Waals surface area contributed by atoms with Gasteiger partial charge in [0.1, 0.15) is 0 Å². The SMILES string of the molecule is CC(c1ccc(Cl)cc1)N(C)C(=O)CNC1(CO)CCCC1. The fraction of sp³-hybridized carbons (Fsp3) is 0.588. The number of halogens is 1. The molecule has 4 nitrogen and oxygen atoms in total. The molecule has 2 rings (SSSR count). The number of aliphatic hydroxyl groups excluding tert-OH is 1. The molecule has 1 saturated carbocycles. The summed E-state index contributed by atoms with van der Waals surface area (Å²) < 4.78 is 0. The van der Waals surface area contributed by atoms with Gasteiger partial charge in [-0.05, 0) is 37.5 Å². The minimum atomic E-state index is -0.264. The minimum absolute atomic E-state index is 0.0137. The minimum Gasteiger partial charge on any atom is -0.394 e. The van der Waals surface area contributed by atoms with Crippen molar-refractivity contribution in [1.82, 2.24) is 10.2 Å². The first kappa shape index (κ1) is 17.3. The molecule has 0 radical (unpaired) electrons.